The molecule has 0 radical (unpaired) electrons. The number of benzene rings is 1. The number of hydrogen-bond acceptors (Lipinski definition) is 3. The number of rotatable bonds is 7. The van der Waals surface area contributed by atoms with Crippen molar-refractivity contribution in [2.75, 3.05) is 13.1 Å². The van der Waals surface area contributed by atoms with E-state index in [2.05, 4.69) is 10.3 Å². The number of nitrogens with one attached hydrogen (secondary N) is 1. The van der Waals surface area contributed by atoms with Gasteiger partial charge in [-0.05, 0) is 37.0 Å². The summed E-state index contributed by atoms with van der Waals surface area (Å²) in [5.41, 5.74) is 1.93. The standard InChI is InChI=1S/C21H25N3O2/c25-20(12-11-18-10-4-5-13-22-18)23-19(16-17-8-2-1-3-9-17)21(26)24-14-6-7-15-24/h1-5,8-10,13,19H,6-7,11-12,14-16H2,(H,23,25). The van der Waals surface area contributed by atoms with Gasteiger partial charge in [-0.15, -0.1) is 0 Å². The minimum atomic E-state index is -0.508. The zero-order valence-corrected chi connectivity index (χ0v) is 14.9. The SMILES string of the molecule is O=C(CCc1ccccn1)NC(Cc1ccccc1)C(=O)N1CCCC1. The van der Waals surface area contributed by atoms with Crippen LogP contribution in [0.2, 0.25) is 0 Å². The molecule has 1 atom stereocenters. The van der Waals surface area contributed by atoms with Gasteiger partial charge in [-0.3, -0.25) is 14.6 Å². The van der Waals surface area contributed by atoms with E-state index in [1.807, 2.05) is 53.4 Å². The Morgan fingerprint density at radius 1 is 1.04 bits per heavy atom. The molecule has 2 amide bonds. The average Bonchev–Trinajstić information content (AvgIpc) is 3.22. The van der Waals surface area contributed by atoms with Gasteiger partial charge in [0.15, 0.2) is 0 Å². The molecule has 3 rings (SSSR count). The quantitative estimate of drug-likeness (QED) is 0.833. The largest absolute Gasteiger partial charge is 0.344 e. The first-order chi connectivity index (χ1) is 12.7. The third kappa shape index (κ3) is 5.15. The van der Waals surface area contributed by atoms with E-state index < -0.39 is 6.04 Å². The fraction of sp³-hybridized carbons (Fsp3) is 0.381. The van der Waals surface area contributed by atoms with Crippen molar-refractivity contribution in [2.24, 2.45) is 0 Å². The fourth-order valence-electron chi connectivity index (χ4n) is 3.26. The summed E-state index contributed by atoms with van der Waals surface area (Å²) in [6, 6.07) is 15.0. The van der Waals surface area contributed by atoms with E-state index in [1.54, 1.807) is 6.20 Å². The number of nitrogens with zero attached hydrogens (tertiary/aromatic N) is 2. The summed E-state index contributed by atoms with van der Waals surface area (Å²) in [7, 11) is 0. The van der Waals surface area contributed by atoms with Gasteiger partial charge < -0.3 is 10.2 Å². The molecule has 1 N–H and O–H groups in total. The predicted molar refractivity (Wildman–Crippen MR) is 100 cm³/mol. The van der Waals surface area contributed by atoms with E-state index in [0.717, 1.165) is 37.2 Å². The van der Waals surface area contributed by atoms with Crippen LogP contribution in [0.4, 0.5) is 0 Å². The van der Waals surface area contributed by atoms with E-state index in [-0.39, 0.29) is 11.8 Å². The Kier molecular flexibility index (Phi) is 6.36. The molecule has 0 saturated carbocycles. The fourth-order valence-corrected chi connectivity index (χ4v) is 3.26. The molecule has 1 aliphatic heterocycles. The number of aryl methyl sites for hydroxylation is 1. The van der Waals surface area contributed by atoms with E-state index >= 15 is 0 Å². The summed E-state index contributed by atoms with van der Waals surface area (Å²) in [6.45, 7) is 1.57. The topological polar surface area (TPSA) is 62.3 Å². The number of likely N-dealkylation sites (tertiary alicyclic amines) is 1. The normalized spacial score (nSPS) is 14.8. The van der Waals surface area contributed by atoms with Gasteiger partial charge in [0, 0.05) is 37.8 Å². The van der Waals surface area contributed by atoms with Crippen LogP contribution >= 0.6 is 0 Å². The first-order valence-corrected chi connectivity index (χ1v) is 9.24. The molecule has 2 heterocycles. The van der Waals surface area contributed by atoms with Crippen molar-refractivity contribution in [3.8, 4) is 0 Å². The van der Waals surface area contributed by atoms with Gasteiger partial charge in [-0.25, -0.2) is 0 Å². The molecule has 26 heavy (non-hydrogen) atoms. The molecule has 2 aromatic rings. The van der Waals surface area contributed by atoms with Crippen molar-refractivity contribution in [1.29, 1.82) is 0 Å². The molecule has 1 aliphatic rings. The van der Waals surface area contributed by atoms with E-state index in [9.17, 15) is 9.59 Å². The molecule has 1 saturated heterocycles. The zero-order valence-electron chi connectivity index (χ0n) is 14.9. The molecule has 0 bridgehead atoms. The number of pyridine rings is 1. The number of aromatic nitrogens is 1. The number of carbonyl (C=O) groups is 2. The van der Waals surface area contributed by atoms with Gasteiger partial charge in [-0.2, -0.15) is 0 Å². The monoisotopic (exact) mass is 351 g/mol. The average molecular weight is 351 g/mol. The Balaban J connectivity index is 1.62. The zero-order chi connectivity index (χ0) is 18.2. The van der Waals surface area contributed by atoms with E-state index in [4.69, 9.17) is 0 Å². The maximum Gasteiger partial charge on any atom is 0.245 e. The third-order valence-electron chi connectivity index (χ3n) is 4.67. The predicted octanol–water partition coefficient (Wildman–Crippen LogP) is 2.36. The molecule has 1 aromatic heterocycles. The minimum absolute atomic E-state index is 0.0255. The Morgan fingerprint density at radius 2 is 1.77 bits per heavy atom. The van der Waals surface area contributed by atoms with Crippen molar-refractivity contribution in [3.63, 3.8) is 0 Å². The maximum absolute atomic E-state index is 12.9. The molecule has 1 unspecified atom stereocenters. The van der Waals surface area contributed by atoms with Crippen LogP contribution in [0.1, 0.15) is 30.5 Å². The van der Waals surface area contributed by atoms with Gasteiger partial charge in [-0.1, -0.05) is 36.4 Å². The van der Waals surface area contributed by atoms with Crippen LogP contribution in [0.15, 0.2) is 54.7 Å². The number of amides is 2. The smallest absolute Gasteiger partial charge is 0.245 e. The lowest BCUT2D eigenvalue weighted by Crippen LogP contribution is -2.49. The van der Waals surface area contributed by atoms with Gasteiger partial charge in [0.1, 0.15) is 6.04 Å². The highest BCUT2D eigenvalue weighted by molar-refractivity contribution is 5.88. The summed E-state index contributed by atoms with van der Waals surface area (Å²) >= 11 is 0. The Bertz CT molecular complexity index is 713. The highest BCUT2D eigenvalue weighted by Gasteiger charge is 2.27. The van der Waals surface area contributed by atoms with Gasteiger partial charge in [0.2, 0.25) is 11.8 Å². The summed E-state index contributed by atoms with van der Waals surface area (Å²) in [6.07, 6.45) is 5.22. The Hall–Kier alpha value is -2.69. The molecule has 5 nitrogen and oxygen atoms in total. The lowest BCUT2D eigenvalue weighted by atomic mass is 10.0. The van der Waals surface area contributed by atoms with Crippen LogP contribution in [0.25, 0.3) is 0 Å². The first kappa shape index (κ1) is 18.1. The molecule has 1 fully saturated rings. The Morgan fingerprint density at radius 3 is 2.46 bits per heavy atom. The maximum atomic E-state index is 12.9. The van der Waals surface area contributed by atoms with Crippen LogP contribution in [-0.2, 0) is 22.4 Å². The van der Waals surface area contributed by atoms with E-state index in [1.165, 1.54) is 0 Å². The molecule has 136 valence electrons. The van der Waals surface area contributed by atoms with E-state index in [0.29, 0.717) is 19.3 Å². The van der Waals surface area contributed by atoms with Gasteiger partial charge >= 0.3 is 0 Å². The van der Waals surface area contributed by atoms with Crippen molar-refractivity contribution >= 4 is 11.8 Å². The molecular weight excluding hydrogens is 326 g/mol. The van der Waals surface area contributed by atoms with Crippen molar-refractivity contribution in [3.05, 3.63) is 66.0 Å². The van der Waals surface area contributed by atoms with Gasteiger partial charge in [0.05, 0.1) is 0 Å². The summed E-state index contributed by atoms with van der Waals surface area (Å²) < 4.78 is 0. The molecule has 0 aliphatic carbocycles. The second kappa shape index (κ2) is 9.13. The van der Waals surface area contributed by atoms with Crippen LogP contribution < -0.4 is 5.32 Å². The summed E-state index contributed by atoms with van der Waals surface area (Å²) in [5, 5.41) is 2.95. The van der Waals surface area contributed by atoms with Crippen molar-refractivity contribution in [1.82, 2.24) is 15.2 Å². The lowest BCUT2D eigenvalue weighted by molar-refractivity contribution is -0.135. The summed E-state index contributed by atoms with van der Waals surface area (Å²) in [4.78, 5) is 31.4. The molecule has 5 heteroatoms. The highest BCUT2D eigenvalue weighted by Crippen LogP contribution is 2.12. The first-order valence-electron chi connectivity index (χ1n) is 9.24. The molecular formula is C21H25N3O2. The minimum Gasteiger partial charge on any atom is -0.344 e. The second-order valence-corrected chi connectivity index (χ2v) is 6.66. The highest BCUT2D eigenvalue weighted by atomic mass is 16.2. The van der Waals surface area contributed by atoms with Crippen molar-refractivity contribution in [2.45, 2.75) is 38.1 Å². The third-order valence-corrected chi connectivity index (χ3v) is 4.67. The number of hydrogen-bond donors (Lipinski definition) is 1. The molecule has 1 aromatic carbocycles. The molecule has 0 spiro atoms. The van der Waals surface area contributed by atoms with Gasteiger partial charge in [0.25, 0.3) is 0 Å². The second-order valence-electron chi connectivity index (χ2n) is 6.66. The van der Waals surface area contributed by atoms with Crippen molar-refractivity contribution < 1.29 is 9.59 Å². The number of carbonyl (C=O) groups excluding carboxylic acids is 2. The Labute approximate surface area is 154 Å². The van der Waals surface area contributed by atoms with Crippen LogP contribution in [0, 0.1) is 0 Å². The van der Waals surface area contributed by atoms with Crippen LogP contribution in [-0.4, -0.2) is 40.8 Å². The van der Waals surface area contributed by atoms with Crippen LogP contribution in [0.5, 0.6) is 0 Å². The van der Waals surface area contributed by atoms with Crippen LogP contribution in [0.3, 0.4) is 0 Å². The summed E-state index contributed by atoms with van der Waals surface area (Å²) in [5.74, 6) is -0.0818. The lowest BCUT2D eigenvalue weighted by Gasteiger charge is -2.24.